The monoisotopic (exact) mass is 276 g/mol. The molecule has 1 N–H and O–H groups in total. The summed E-state index contributed by atoms with van der Waals surface area (Å²) < 4.78 is 56.1. The average molecular weight is 276 g/mol. The molecule has 0 amide bonds. The van der Waals surface area contributed by atoms with Gasteiger partial charge in [0.2, 0.25) is 0 Å². The first kappa shape index (κ1) is 13.9. The van der Waals surface area contributed by atoms with Crippen molar-refractivity contribution in [3.63, 3.8) is 0 Å². The Morgan fingerprint density at radius 2 is 1.95 bits per heavy atom. The molecule has 1 heterocycles. The minimum Gasteiger partial charge on any atom is -0.495 e. The van der Waals surface area contributed by atoms with Gasteiger partial charge < -0.3 is 9.84 Å². The van der Waals surface area contributed by atoms with E-state index in [0.29, 0.717) is 19.1 Å². The maximum atomic E-state index is 13.2. The van der Waals surface area contributed by atoms with Gasteiger partial charge >= 0.3 is 6.18 Å². The van der Waals surface area contributed by atoms with Gasteiger partial charge in [-0.15, -0.1) is 0 Å². The Kier molecular flexibility index (Phi) is 3.80. The number of allylic oxidation sites excluding steroid dienone is 1. The summed E-state index contributed by atoms with van der Waals surface area (Å²) in [7, 11) is 0. The minimum absolute atomic E-state index is 0.166. The van der Waals surface area contributed by atoms with Crippen molar-refractivity contribution < 1.29 is 27.4 Å². The second-order valence-electron chi connectivity index (χ2n) is 4.27. The molecular formula is C13H12F4O2. The first-order valence-corrected chi connectivity index (χ1v) is 5.76. The van der Waals surface area contributed by atoms with Crippen molar-refractivity contribution in [2.24, 2.45) is 0 Å². The maximum absolute atomic E-state index is 13.2. The molecule has 1 aliphatic heterocycles. The fraction of sp³-hybridized carbons (Fsp3) is 0.385. The predicted octanol–water partition coefficient (Wildman–Crippen LogP) is 3.57. The van der Waals surface area contributed by atoms with E-state index in [1.165, 1.54) is 0 Å². The molecule has 1 aliphatic rings. The number of rotatable bonds is 2. The number of aliphatic hydroxyl groups is 1. The molecule has 6 heteroatoms. The zero-order valence-corrected chi connectivity index (χ0v) is 9.88. The summed E-state index contributed by atoms with van der Waals surface area (Å²) in [6, 6.07) is 2.00. The van der Waals surface area contributed by atoms with E-state index in [-0.39, 0.29) is 11.3 Å². The van der Waals surface area contributed by atoms with Crippen LogP contribution in [0.3, 0.4) is 0 Å². The Bertz CT molecular complexity index is 494. The highest BCUT2D eigenvalue weighted by Crippen LogP contribution is 2.33. The van der Waals surface area contributed by atoms with Gasteiger partial charge in [-0.05, 0) is 42.7 Å². The van der Waals surface area contributed by atoms with Gasteiger partial charge in [-0.25, -0.2) is 4.39 Å². The first-order valence-electron chi connectivity index (χ1n) is 5.76. The van der Waals surface area contributed by atoms with Crippen molar-refractivity contribution in [1.29, 1.82) is 0 Å². The van der Waals surface area contributed by atoms with Crippen molar-refractivity contribution in [2.75, 3.05) is 6.61 Å². The van der Waals surface area contributed by atoms with E-state index in [4.69, 9.17) is 4.74 Å². The second-order valence-corrected chi connectivity index (χ2v) is 4.27. The van der Waals surface area contributed by atoms with Gasteiger partial charge in [-0.3, -0.25) is 0 Å². The lowest BCUT2D eigenvalue weighted by Gasteiger charge is -2.20. The summed E-state index contributed by atoms with van der Waals surface area (Å²) >= 11 is 0. The summed E-state index contributed by atoms with van der Waals surface area (Å²) in [5, 5.41) is 9.93. The first-order chi connectivity index (χ1) is 8.88. The van der Waals surface area contributed by atoms with E-state index < -0.39 is 23.7 Å². The van der Waals surface area contributed by atoms with Crippen molar-refractivity contribution in [2.45, 2.75) is 25.1 Å². The molecule has 0 aromatic heterocycles. The van der Waals surface area contributed by atoms with Crippen LogP contribution in [0.15, 0.2) is 30.0 Å². The Morgan fingerprint density at radius 3 is 2.53 bits per heavy atom. The van der Waals surface area contributed by atoms with E-state index >= 15 is 0 Å². The molecule has 1 aromatic carbocycles. The van der Waals surface area contributed by atoms with Crippen LogP contribution in [0.2, 0.25) is 0 Å². The van der Waals surface area contributed by atoms with Crippen molar-refractivity contribution >= 4 is 0 Å². The molecule has 1 atom stereocenters. The summed E-state index contributed by atoms with van der Waals surface area (Å²) in [5.41, 5.74) is -1.29. The fourth-order valence-electron chi connectivity index (χ4n) is 1.87. The summed E-state index contributed by atoms with van der Waals surface area (Å²) in [6.45, 7) is 0.393. The number of hydrogen-bond donors (Lipinski definition) is 1. The standard InChI is InChI=1S/C13H12F4O2/c14-10-6-8(5-9(7-10)13(15,16)17)12(18)11-3-1-2-4-19-11/h3,5-7,12,18H,1-2,4H2. The topological polar surface area (TPSA) is 29.5 Å². The Hall–Kier alpha value is -1.56. The Labute approximate surface area is 107 Å². The molecule has 1 unspecified atom stereocenters. The van der Waals surface area contributed by atoms with Crippen LogP contribution in [0.4, 0.5) is 17.6 Å². The molecule has 1 aromatic rings. The Balaban J connectivity index is 2.34. The highest BCUT2D eigenvalue weighted by Gasteiger charge is 2.32. The van der Waals surface area contributed by atoms with Gasteiger partial charge in [0, 0.05) is 0 Å². The third-order valence-corrected chi connectivity index (χ3v) is 2.80. The Morgan fingerprint density at radius 1 is 1.21 bits per heavy atom. The summed E-state index contributed by atoms with van der Waals surface area (Å²) in [4.78, 5) is 0. The van der Waals surface area contributed by atoms with Crippen LogP contribution in [0, 0.1) is 5.82 Å². The number of halogens is 4. The molecule has 0 spiro atoms. The molecular weight excluding hydrogens is 264 g/mol. The largest absolute Gasteiger partial charge is 0.495 e. The molecule has 0 bridgehead atoms. The van der Waals surface area contributed by atoms with E-state index in [0.717, 1.165) is 18.6 Å². The molecule has 104 valence electrons. The van der Waals surface area contributed by atoms with Crippen LogP contribution in [0.1, 0.15) is 30.1 Å². The molecule has 2 nitrogen and oxygen atoms in total. The lowest BCUT2D eigenvalue weighted by Crippen LogP contribution is -2.12. The SMILES string of the molecule is OC(C1=CCCCO1)c1cc(F)cc(C(F)(F)F)c1. The third kappa shape index (κ3) is 3.26. The fourth-order valence-corrected chi connectivity index (χ4v) is 1.87. The van der Waals surface area contributed by atoms with E-state index in [9.17, 15) is 22.7 Å². The van der Waals surface area contributed by atoms with Gasteiger partial charge in [-0.1, -0.05) is 0 Å². The van der Waals surface area contributed by atoms with Crippen molar-refractivity contribution in [3.05, 3.63) is 47.0 Å². The van der Waals surface area contributed by atoms with Crippen molar-refractivity contribution in [3.8, 4) is 0 Å². The second kappa shape index (κ2) is 5.21. The van der Waals surface area contributed by atoms with E-state index in [1.54, 1.807) is 6.08 Å². The zero-order chi connectivity index (χ0) is 14.0. The highest BCUT2D eigenvalue weighted by atomic mass is 19.4. The number of benzene rings is 1. The lowest BCUT2D eigenvalue weighted by molar-refractivity contribution is -0.137. The smallest absolute Gasteiger partial charge is 0.416 e. The van der Waals surface area contributed by atoms with Gasteiger partial charge in [-0.2, -0.15) is 13.2 Å². The van der Waals surface area contributed by atoms with Crippen LogP contribution in [0.25, 0.3) is 0 Å². The number of ether oxygens (including phenoxy) is 1. The normalized spacial score (nSPS) is 17.6. The van der Waals surface area contributed by atoms with Gasteiger partial charge in [0.15, 0.2) is 0 Å². The third-order valence-electron chi connectivity index (χ3n) is 2.80. The number of alkyl halides is 3. The van der Waals surface area contributed by atoms with Gasteiger partial charge in [0.25, 0.3) is 0 Å². The maximum Gasteiger partial charge on any atom is 0.416 e. The predicted molar refractivity (Wildman–Crippen MR) is 59.6 cm³/mol. The average Bonchev–Trinajstić information content (AvgIpc) is 2.37. The van der Waals surface area contributed by atoms with Crippen molar-refractivity contribution in [1.82, 2.24) is 0 Å². The van der Waals surface area contributed by atoms with E-state index in [2.05, 4.69) is 0 Å². The van der Waals surface area contributed by atoms with Crippen LogP contribution in [0.5, 0.6) is 0 Å². The van der Waals surface area contributed by atoms with Crippen LogP contribution >= 0.6 is 0 Å². The molecule has 2 rings (SSSR count). The molecule has 0 fully saturated rings. The van der Waals surface area contributed by atoms with Crippen LogP contribution in [-0.4, -0.2) is 11.7 Å². The van der Waals surface area contributed by atoms with Gasteiger partial charge in [0.05, 0.1) is 12.2 Å². The molecule has 0 radical (unpaired) electrons. The molecule has 19 heavy (non-hydrogen) atoms. The van der Waals surface area contributed by atoms with E-state index in [1.807, 2.05) is 0 Å². The quantitative estimate of drug-likeness (QED) is 0.837. The highest BCUT2D eigenvalue weighted by molar-refractivity contribution is 5.31. The number of hydrogen-bond acceptors (Lipinski definition) is 2. The lowest BCUT2D eigenvalue weighted by atomic mass is 10.0. The number of aliphatic hydroxyl groups excluding tert-OH is 1. The van der Waals surface area contributed by atoms with Gasteiger partial charge in [0.1, 0.15) is 17.7 Å². The molecule has 0 saturated heterocycles. The molecule has 0 aliphatic carbocycles. The summed E-state index contributed by atoms with van der Waals surface area (Å²) in [5.74, 6) is -0.870. The zero-order valence-electron chi connectivity index (χ0n) is 9.88. The summed E-state index contributed by atoms with van der Waals surface area (Å²) in [6.07, 6.45) is -2.97. The molecule has 0 saturated carbocycles. The minimum atomic E-state index is -4.65. The van der Waals surface area contributed by atoms with Crippen LogP contribution < -0.4 is 0 Å². The van der Waals surface area contributed by atoms with Crippen LogP contribution in [-0.2, 0) is 10.9 Å².